The van der Waals surface area contributed by atoms with Gasteiger partial charge >= 0.3 is 12.0 Å². The molecule has 0 aromatic heterocycles. The summed E-state index contributed by atoms with van der Waals surface area (Å²) in [6, 6.07) is 7.63. The van der Waals surface area contributed by atoms with Crippen molar-refractivity contribution in [2.45, 2.75) is 6.61 Å². The van der Waals surface area contributed by atoms with Gasteiger partial charge in [-0.05, 0) is 57.4 Å². The van der Waals surface area contributed by atoms with E-state index in [0.717, 1.165) is 5.56 Å². The molecule has 0 saturated carbocycles. The van der Waals surface area contributed by atoms with Crippen LogP contribution in [-0.4, -0.2) is 41.6 Å². The Balaban J connectivity index is 1.83. The molecule has 2 aromatic rings. The fourth-order valence-electron chi connectivity index (χ4n) is 2.77. The van der Waals surface area contributed by atoms with Crippen molar-refractivity contribution in [2.75, 3.05) is 13.7 Å². The third-order valence-electron chi connectivity index (χ3n) is 4.19. The first kappa shape index (κ1) is 22.9. The van der Waals surface area contributed by atoms with Crippen LogP contribution in [0.5, 0.6) is 11.5 Å². The first-order chi connectivity index (χ1) is 14.7. The van der Waals surface area contributed by atoms with Gasteiger partial charge < -0.3 is 19.9 Å². The quantitative estimate of drug-likeness (QED) is 0.409. The number of nitrogens with zero attached hydrogens (tertiary/aromatic N) is 1. The van der Waals surface area contributed by atoms with E-state index in [2.05, 4.69) is 21.2 Å². The van der Waals surface area contributed by atoms with E-state index in [4.69, 9.17) is 37.8 Å². The molecule has 3 amide bonds. The van der Waals surface area contributed by atoms with E-state index >= 15 is 0 Å². The van der Waals surface area contributed by atoms with E-state index in [1.54, 1.807) is 30.3 Å². The zero-order valence-electron chi connectivity index (χ0n) is 15.9. The van der Waals surface area contributed by atoms with Crippen molar-refractivity contribution in [1.29, 1.82) is 0 Å². The van der Waals surface area contributed by atoms with Crippen LogP contribution < -0.4 is 14.8 Å². The van der Waals surface area contributed by atoms with Crippen molar-refractivity contribution < 1.29 is 29.0 Å². The van der Waals surface area contributed by atoms with Crippen molar-refractivity contribution in [2.24, 2.45) is 0 Å². The molecule has 1 aliphatic heterocycles. The molecule has 0 atom stereocenters. The van der Waals surface area contributed by atoms with Gasteiger partial charge in [0.05, 0.1) is 21.6 Å². The average molecular weight is 530 g/mol. The van der Waals surface area contributed by atoms with Crippen molar-refractivity contribution in [3.8, 4) is 11.5 Å². The van der Waals surface area contributed by atoms with E-state index < -0.39 is 24.5 Å². The monoisotopic (exact) mass is 528 g/mol. The van der Waals surface area contributed by atoms with Crippen LogP contribution in [0.1, 0.15) is 11.1 Å². The van der Waals surface area contributed by atoms with Crippen LogP contribution in [0.4, 0.5) is 4.79 Å². The maximum absolute atomic E-state index is 12.3. The van der Waals surface area contributed by atoms with Crippen molar-refractivity contribution in [1.82, 2.24) is 10.2 Å². The van der Waals surface area contributed by atoms with Gasteiger partial charge in [0.15, 0.2) is 11.5 Å². The molecule has 1 aliphatic rings. The zero-order valence-corrected chi connectivity index (χ0v) is 19.0. The highest BCUT2D eigenvalue weighted by atomic mass is 79.9. The molecular weight excluding hydrogens is 515 g/mol. The van der Waals surface area contributed by atoms with Gasteiger partial charge in [-0.25, -0.2) is 9.69 Å². The molecule has 1 heterocycles. The summed E-state index contributed by atoms with van der Waals surface area (Å²) >= 11 is 15.4. The average Bonchev–Trinajstić information content (AvgIpc) is 2.96. The Labute approximate surface area is 195 Å². The number of imide groups is 1. The Hall–Kier alpha value is -2.75. The largest absolute Gasteiger partial charge is 0.493 e. The molecule has 8 nitrogen and oxygen atoms in total. The number of carboxylic acid groups (broad SMARTS) is 1. The number of benzene rings is 2. The number of halogens is 3. The van der Waals surface area contributed by atoms with Crippen LogP contribution in [0.25, 0.3) is 6.08 Å². The Bertz CT molecular complexity index is 1110. The lowest BCUT2D eigenvalue weighted by Crippen LogP contribution is -2.35. The minimum absolute atomic E-state index is 0.0512. The molecule has 1 saturated heterocycles. The molecule has 162 valence electrons. The van der Waals surface area contributed by atoms with Gasteiger partial charge in [-0.2, -0.15) is 0 Å². The number of urea groups is 1. The molecule has 31 heavy (non-hydrogen) atoms. The molecule has 0 radical (unpaired) electrons. The minimum Gasteiger partial charge on any atom is -0.493 e. The highest BCUT2D eigenvalue weighted by Gasteiger charge is 2.34. The summed E-state index contributed by atoms with van der Waals surface area (Å²) in [6.07, 6.45) is 1.41. The number of nitrogens with one attached hydrogen (secondary N) is 1. The number of carboxylic acids is 1. The van der Waals surface area contributed by atoms with Gasteiger partial charge in [-0.1, -0.05) is 29.3 Å². The Morgan fingerprint density at radius 3 is 2.61 bits per heavy atom. The maximum atomic E-state index is 12.3. The van der Waals surface area contributed by atoms with E-state index in [1.807, 2.05) is 0 Å². The molecule has 11 heteroatoms. The van der Waals surface area contributed by atoms with Crippen LogP contribution in [0, 0.1) is 0 Å². The second-order valence-electron chi connectivity index (χ2n) is 6.34. The molecule has 0 spiro atoms. The third-order valence-corrected chi connectivity index (χ3v) is 5.51. The number of hydrogen-bond donors (Lipinski definition) is 2. The summed E-state index contributed by atoms with van der Waals surface area (Å²) in [4.78, 5) is 35.6. The van der Waals surface area contributed by atoms with Crippen LogP contribution in [0.2, 0.25) is 10.0 Å². The first-order valence-electron chi connectivity index (χ1n) is 8.70. The number of methoxy groups -OCH3 is 1. The molecule has 2 aromatic carbocycles. The lowest BCUT2D eigenvalue weighted by atomic mass is 10.1. The second kappa shape index (κ2) is 9.59. The second-order valence-corrected chi connectivity index (χ2v) is 8.01. The van der Waals surface area contributed by atoms with Crippen molar-refractivity contribution in [3.63, 3.8) is 0 Å². The topological polar surface area (TPSA) is 105 Å². The van der Waals surface area contributed by atoms with Crippen LogP contribution in [0.15, 0.2) is 40.5 Å². The van der Waals surface area contributed by atoms with Gasteiger partial charge in [-0.15, -0.1) is 0 Å². The smallest absolute Gasteiger partial charge is 0.329 e. The number of hydrogen-bond acceptors (Lipinski definition) is 5. The Kier molecular flexibility index (Phi) is 7.09. The van der Waals surface area contributed by atoms with Crippen molar-refractivity contribution in [3.05, 3.63) is 61.7 Å². The van der Waals surface area contributed by atoms with Gasteiger partial charge in [-0.3, -0.25) is 9.59 Å². The summed E-state index contributed by atoms with van der Waals surface area (Å²) in [5, 5.41) is 12.1. The summed E-state index contributed by atoms with van der Waals surface area (Å²) in [6.45, 7) is -0.526. The number of carbonyl (C=O) groups is 3. The van der Waals surface area contributed by atoms with Gasteiger partial charge in [0.2, 0.25) is 0 Å². The van der Waals surface area contributed by atoms with Gasteiger partial charge in [0.25, 0.3) is 5.91 Å². The van der Waals surface area contributed by atoms with E-state index in [-0.39, 0.29) is 12.3 Å². The molecule has 0 bridgehead atoms. The van der Waals surface area contributed by atoms with Crippen molar-refractivity contribution >= 4 is 63.1 Å². The van der Waals surface area contributed by atoms with E-state index in [9.17, 15) is 14.4 Å². The standard InChI is InChI=1S/C20H15BrCl2N2O6/c1-30-16-7-11(6-15-19(28)25(8-17(26)27)20(29)24-15)4-12(21)18(16)31-9-10-2-3-13(22)14(23)5-10/h2-7H,8-9H2,1H3,(H,24,29)(H,26,27)/b15-6+. The van der Waals surface area contributed by atoms with Crippen LogP contribution in [-0.2, 0) is 16.2 Å². The van der Waals surface area contributed by atoms with Gasteiger partial charge in [0.1, 0.15) is 18.8 Å². The van der Waals surface area contributed by atoms with Crippen LogP contribution in [0.3, 0.4) is 0 Å². The fourth-order valence-corrected chi connectivity index (χ4v) is 3.66. The molecule has 0 aliphatic carbocycles. The predicted molar refractivity (Wildman–Crippen MR) is 117 cm³/mol. The number of aliphatic carboxylic acids is 1. The normalized spacial score (nSPS) is 14.7. The maximum Gasteiger partial charge on any atom is 0.329 e. The number of ether oxygens (including phenoxy) is 2. The fraction of sp³-hybridized carbons (Fsp3) is 0.150. The first-order valence-corrected chi connectivity index (χ1v) is 10.2. The molecular formula is C20H15BrCl2N2O6. The summed E-state index contributed by atoms with van der Waals surface area (Å²) < 4.78 is 11.8. The van der Waals surface area contributed by atoms with Crippen LogP contribution >= 0.6 is 39.1 Å². The highest BCUT2D eigenvalue weighted by molar-refractivity contribution is 9.10. The zero-order chi connectivity index (χ0) is 22.7. The molecule has 2 N–H and O–H groups in total. The summed E-state index contributed by atoms with van der Waals surface area (Å²) in [7, 11) is 1.46. The number of amides is 3. The summed E-state index contributed by atoms with van der Waals surface area (Å²) in [5.41, 5.74) is 1.27. The molecule has 1 fully saturated rings. The van der Waals surface area contributed by atoms with E-state index in [1.165, 1.54) is 13.2 Å². The minimum atomic E-state index is -1.29. The number of carbonyl (C=O) groups excluding carboxylic acids is 2. The predicted octanol–water partition coefficient (Wildman–Crippen LogP) is 4.32. The Morgan fingerprint density at radius 1 is 1.23 bits per heavy atom. The lowest BCUT2D eigenvalue weighted by molar-refractivity contribution is -0.140. The SMILES string of the molecule is COc1cc(/C=C2/NC(=O)N(CC(=O)O)C2=O)cc(Br)c1OCc1ccc(Cl)c(Cl)c1. The van der Waals surface area contributed by atoms with Gasteiger partial charge in [0, 0.05) is 0 Å². The lowest BCUT2D eigenvalue weighted by Gasteiger charge is -2.14. The number of rotatable bonds is 7. The highest BCUT2D eigenvalue weighted by Crippen LogP contribution is 2.38. The Morgan fingerprint density at radius 2 is 1.97 bits per heavy atom. The molecule has 0 unspecified atom stereocenters. The molecule has 3 rings (SSSR count). The third kappa shape index (κ3) is 5.30. The summed E-state index contributed by atoms with van der Waals surface area (Å²) in [5.74, 6) is -1.23. The van der Waals surface area contributed by atoms with E-state index in [0.29, 0.717) is 36.5 Å².